The Bertz CT molecular complexity index is 423. The van der Waals surface area contributed by atoms with Gasteiger partial charge in [0.25, 0.3) is 0 Å². The van der Waals surface area contributed by atoms with E-state index >= 15 is 0 Å². The highest BCUT2D eigenvalue weighted by molar-refractivity contribution is 5.35. The number of likely N-dealkylation sites (N-methyl/N-ethyl adjacent to an activating group) is 1. The molecule has 1 aliphatic carbocycles. The summed E-state index contributed by atoms with van der Waals surface area (Å²) in [7, 11) is 0. The molecule has 1 saturated heterocycles. The van der Waals surface area contributed by atoms with Crippen molar-refractivity contribution in [2.24, 2.45) is 0 Å². The lowest BCUT2D eigenvalue weighted by molar-refractivity contribution is 0.0789. The molecule has 3 rings (SSSR count). The fourth-order valence-electron chi connectivity index (χ4n) is 3.52. The zero-order valence-corrected chi connectivity index (χ0v) is 12.0. The Kier molecular flexibility index (Phi) is 4.19. The van der Waals surface area contributed by atoms with Gasteiger partial charge in [-0.2, -0.15) is 0 Å². The Labute approximate surface area is 116 Å². The first-order chi connectivity index (χ1) is 9.36. The molecule has 1 N–H and O–H groups in total. The van der Waals surface area contributed by atoms with Crippen molar-refractivity contribution in [3.8, 4) is 0 Å². The quantitative estimate of drug-likeness (QED) is 0.878. The number of nitrogens with one attached hydrogen (secondary N) is 1. The van der Waals surface area contributed by atoms with Crippen LogP contribution in [0, 0.1) is 0 Å². The summed E-state index contributed by atoms with van der Waals surface area (Å²) in [6.07, 6.45) is 7.83. The summed E-state index contributed by atoms with van der Waals surface area (Å²) in [4.78, 5) is 0. The van der Waals surface area contributed by atoms with Crippen LogP contribution in [0.3, 0.4) is 0 Å². The monoisotopic (exact) mass is 259 g/mol. The van der Waals surface area contributed by atoms with Crippen LogP contribution >= 0.6 is 0 Å². The Morgan fingerprint density at radius 1 is 1.26 bits per heavy atom. The van der Waals surface area contributed by atoms with Crippen molar-refractivity contribution in [1.29, 1.82) is 0 Å². The summed E-state index contributed by atoms with van der Waals surface area (Å²) in [5.74, 6) is 0. The van der Waals surface area contributed by atoms with Crippen LogP contribution < -0.4 is 5.32 Å². The van der Waals surface area contributed by atoms with E-state index in [2.05, 4.69) is 30.4 Å². The van der Waals surface area contributed by atoms with Crippen molar-refractivity contribution in [2.75, 3.05) is 13.2 Å². The van der Waals surface area contributed by atoms with Gasteiger partial charge in [0.15, 0.2) is 0 Å². The van der Waals surface area contributed by atoms with Crippen LogP contribution in [0.1, 0.15) is 42.9 Å². The van der Waals surface area contributed by atoms with Crippen LogP contribution in [0.25, 0.3) is 0 Å². The summed E-state index contributed by atoms with van der Waals surface area (Å²) < 4.78 is 5.87. The number of hydrogen-bond acceptors (Lipinski definition) is 2. The molecule has 19 heavy (non-hydrogen) atoms. The van der Waals surface area contributed by atoms with E-state index in [-0.39, 0.29) is 0 Å². The number of aryl methyl sites for hydroxylation is 2. The summed E-state index contributed by atoms with van der Waals surface area (Å²) in [5, 5.41) is 3.62. The summed E-state index contributed by atoms with van der Waals surface area (Å²) in [5.41, 5.74) is 4.63. The van der Waals surface area contributed by atoms with Crippen molar-refractivity contribution in [3.63, 3.8) is 0 Å². The molecule has 1 aromatic carbocycles. The smallest absolute Gasteiger partial charge is 0.0732 e. The van der Waals surface area contributed by atoms with E-state index in [1.54, 1.807) is 11.1 Å². The van der Waals surface area contributed by atoms with Crippen LogP contribution in [-0.2, 0) is 24.0 Å². The molecule has 0 radical (unpaired) electrons. The number of rotatable bonds is 5. The lowest BCUT2D eigenvalue weighted by atomic mass is 9.97. The van der Waals surface area contributed by atoms with E-state index in [0.717, 1.165) is 19.6 Å². The molecule has 104 valence electrons. The highest BCUT2D eigenvalue weighted by Gasteiger charge is 2.25. The van der Waals surface area contributed by atoms with Gasteiger partial charge in [-0.25, -0.2) is 0 Å². The highest BCUT2D eigenvalue weighted by Crippen LogP contribution is 2.25. The molecule has 0 spiro atoms. The minimum Gasteiger partial charge on any atom is -0.377 e. The second kappa shape index (κ2) is 6.06. The third kappa shape index (κ3) is 3.01. The van der Waals surface area contributed by atoms with E-state index < -0.39 is 0 Å². The number of ether oxygens (including phenoxy) is 1. The van der Waals surface area contributed by atoms with Gasteiger partial charge in [0, 0.05) is 12.6 Å². The molecule has 2 nitrogen and oxygen atoms in total. The standard InChI is InChI=1S/C17H25NO/c1-2-18-16(17-7-4-10-19-17)12-13-8-9-14-5-3-6-15(14)11-13/h8-9,11,16-18H,2-7,10,12H2,1H3. The van der Waals surface area contributed by atoms with Gasteiger partial charge in [-0.1, -0.05) is 25.1 Å². The lowest BCUT2D eigenvalue weighted by Crippen LogP contribution is -2.41. The largest absolute Gasteiger partial charge is 0.377 e. The van der Waals surface area contributed by atoms with Gasteiger partial charge in [-0.3, -0.25) is 0 Å². The van der Waals surface area contributed by atoms with Gasteiger partial charge in [0.1, 0.15) is 0 Å². The van der Waals surface area contributed by atoms with E-state index in [4.69, 9.17) is 4.74 Å². The zero-order valence-electron chi connectivity index (χ0n) is 12.0. The third-order valence-corrected chi connectivity index (χ3v) is 4.50. The molecule has 1 aromatic rings. The normalized spacial score (nSPS) is 23.5. The molecule has 2 unspecified atom stereocenters. The van der Waals surface area contributed by atoms with E-state index in [0.29, 0.717) is 12.1 Å². The summed E-state index contributed by atoms with van der Waals surface area (Å²) >= 11 is 0. The molecule has 2 aliphatic rings. The average molecular weight is 259 g/mol. The SMILES string of the molecule is CCNC(Cc1ccc2c(c1)CCC2)C1CCCO1. The Morgan fingerprint density at radius 2 is 2.16 bits per heavy atom. The Hall–Kier alpha value is -0.860. The average Bonchev–Trinajstić information content (AvgIpc) is 3.09. The van der Waals surface area contributed by atoms with Crippen molar-refractivity contribution < 1.29 is 4.74 Å². The van der Waals surface area contributed by atoms with Crippen LogP contribution in [-0.4, -0.2) is 25.3 Å². The van der Waals surface area contributed by atoms with Gasteiger partial charge < -0.3 is 10.1 Å². The minimum atomic E-state index is 0.410. The van der Waals surface area contributed by atoms with Crippen molar-refractivity contribution >= 4 is 0 Å². The summed E-state index contributed by atoms with van der Waals surface area (Å²) in [6, 6.07) is 7.58. The second-order valence-electron chi connectivity index (χ2n) is 5.88. The second-order valence-corrected chi connectivity index (χ2v) is 5.88. The maximum Gasteiger partial charge on any atom is 0.0732 e. The molecule has 2 atom stereocenters. The maximum atomic E-state index is 5.87. The number of benzene rings is 1. The number of hydrogen-bond donors (Lipinski definition) is 1. The summed E-state index contributed by atoms with van der Waals surface area (Å²) in [6.45, 7) is 4.15. The van der Waals surface area contributed by atoms with Crippen LogP contribution in [0.4, 0.5) is 0 Å². The number of fused-ring (bicyclic) bond motifs is 1. The highest BCUT2D eigenvalue weighted by atomic mass is 16.5. The molecule has 0 bridgehead atoms. The molecule has 1 heterocycles. The molecule has 0 aromatic heterocycles. The van der Waals surface area contributed by atoms with Gasteiger partial charge >= 0.3 is 0 Å². The predicted molar refractivity (Wildman–Crippen MR) is 78.6 cm³/mol. The molecule has 1 fully saturated rings. The van der Waals surface area contributed by atoms with Crippen LogP contribution in [0.2, 0.25) is 0 Å². The molecule has 1 aliphatic heterocycles. The van der Waals surface area contributed by atoms with Gasteiger partial charge in [0.2, 0.25) is 0 Å². The molecule has 2 heteroatoms. The molecular formula is C17H25NO. The van der Waals surface area contributed by atoms with Gasteiger partial charge in [0.05, 0.1) is 6.10 Å². The zero-order chi connectivity index (χ0) is 13.1. The first kappa shape index (κ1) is 13.1. The van der Waals surface area contributed by atoms with Gasteiger partial charge in [-0.15, -0.1) is 0 Å². The molecular weight excluding hydrogens is 234 g/mol. The first-order valence-electron chi connectivity index (χ1n) is 7.82. The van der Waals surface area contributed by atoms with Crippen molar-refractivity contribution in [3.05, 3.63) is 34.9 Å². The fourth-order valence-corrected chi connectivity index (χ4v) is 3.52. The van der Waals surface area contributed by atoms with Crippen molar-refractivity contribution in [1.82, 2.24) is 5.32 Å². The fraction of sp³-hybridized carbons (Fsp3) is 0.647. The first-order valence-corrected chi connectivity index (χ1v) is 7.82. The third-order valence-electron chi connectivity index (χ3n) is 4.50. The van der Waals surface area contributed by atoms with E-state index in [1.165, 1.54) is 37.7 Å². The van der Waals surface area contributed by atoms with Gasteiger partial charge in [-0.05, 0) is 61.8 Å². The maximum absolute atomic E-state index is 5.87. The minimum absolute atomic E-state index is 0.410. The van der Waals surface area contributed by atoms with Crippen LogP contribution in [0.15, 0.2) is 18.2 Å². The molecule has 0 saturated carbocycles. The van der Waals surface area contributed by atoms with Crippen molar-refractivity contribution in [2.45, 2.75) is 57.6 Å². The van der Waals surface area contributed by atoms with E-state index in [9.17, 15) is 0 Å². The Balaban J connectivity index is 1.70. The van der Waals surface area contributed by atoms with E-state index in [1.807, 2.05) is 0 Å². The molecule has 0 amide bonds. The predicted octanol–water partition coefficient (Wildman–Crippen LogP) is 2.87. The lowest BCUT2D eigenvalue weighted by Gasteiger charge is -2.24. The Morgan fingerprint density at radius 3 is 2.95 bits per heavy atom. The topological polar surface area (TPSA) is 21.3 Å². The van der Waals surface area contributed by atoms with Crippen LogP contribution in [0.5, 0.6) is 0 Å².